The van der Waals surface area contributed by atoms with E-state index in [0.29, 0.717) is 17.7 Å². The Kier molecular flexibility index (Phi) is 5.06. The van der Waals surface area contributed by atoms with Crippen molar-refractivity contribution in [2.75, 3.05) is 13.1 Å². The Morgan fingerprint density at radius 2 is 2.12 bits per heavy atom. The molecule has 1 heterocycles. The Balaban J connectivity index is 1.98. The number of rotatable bonds is 4. The van der Waals surface area contributed by atoms with Gasteiger partial charge < -0.3 is 4.74 Å². The standard InChI is InChI=1S/C22H31NO2/c1-6-22-10-12-23(11-9-15(2)3)21(16(22)4)13-18-7-8-19(14-20(18)22)25-17(5)24/h7-9,14,16,21H,6,10-13H2,1-5H3. The number of piperidine rings is 1. The molecule has 136 valence electrons. The van der Waals surface area contributed by atoms with Crippen molar-refractivity contribution >= 4 is 5.97 Å². The monoisotopic (exact) mass is 341 g/mol. The highest BCUT2D eigenvalue weighted by molar-refractivity contribution is 5.69. The first-order valence-electron chi connectivity index (χ1n) is 9.56. The zero-order chi connectivity index (χ0) is 18.2. The molecular formula is C22H31NO2. The van der Waals surface area contributed by atoms with Crippen LogP contribution in [0.15, 0.2) is 29.8 Å². The van der Waals surface area contributed by atoms with E-state index in [0.717, 1.165) is 25.9 Å². The first kappa shape index (κ1) is 18.2. The Bertz CT molecular complexity index is 689. The maximum atomic E-state index is 11.3. The summed E-state index contributed by atoms with van der Waals surface area (Å²) in [7, 11) is 0. The van der Waals surface area contributed by atoms with Crippen LogP contribution in [0, 0.1) is 5.92 Å². The lowest BCUT2D eigenvalue weighted by atomic mass is 9.57. The fourth-order valence-corrected chi connectivity index (χ4v) is 4.97. The number of nitrogens with zero attached hydrogens (tertiary/aromatic N) is 1. The Labute approximate surface area is 152 Å². The molecule has 2 bridgehead atoms. The molecule has 0 aromatic heterocycles. The number of allylic oxidation sites excluding steroid dienone is 1. The minimum absolute atomic E-state index is 0.204. The van der Waals surface area contributed by atoms with Gasteiger partial charge in [-0.3, -0.25) is 9.69 Å². The summed E-state index contributed by atoms with van der Waals surface area (Å²) in [5.74, 6) is 1.05. The highest BCUT2D eigenvalue weighted by atomic mass is 16.5. The van der Waals surface area contributed by atoms with Crippen molar-refractivity contribution in [3.05, 3.63) is 41.0 Å². The molecule has 3 heteroatoms. The van der Waals surface area contributed by atoms with Gasteiger partial charge in [0.25, 0.3) is 0 Å². The number of benzene rings is 1. The predicted octanol–water partition coefficient (Wildman–Crippen LogP) is 4.49. The van der Waals surface area contributed by atoms with Crippen LogP contribution in [-0.4, -0.2) is 30.0 Å². The van der Waals surface area contributed by atoms with Gasteiger partial charge in [-0.15, -0.1) is 0 Å². The van der Waals surface area contributed by atoms with E-state index in [9.17, 15) is 4.79 Å². The maximum absolute atomic E-state index is 11.3. The van der Waals surface area contributed by atoms with Gasteiger partial charge in [-0.05, 0) is 68.8 Å². The van der Waals surface area contributed by atoms with Gasteiger partial charge in [0, 0.05) is 24.9 Å². The highest BCUT2D eigenvalue weighted by Gasteiger charge is 2.49. The summed E-state index contributed by atoms with van der Waals surface area (Å²) in [5, 5.41) is 0. The zero-order valence-corrected chi connectivity index (χ0v) is 16.3. The molecule has 1 aromatic carbocycles. The molecule has 3 atom stereocenters. The second-order valence-corrected chi connectivity index (χ2v) is 8.01. The largest absolute Gasteiger partial charge is 0.427 e. The number of carbonyl (C=O) groups excluding carboxylic acids is 1. The lowest BCUT2D eigenvalue weighted by Crippen LogP contribution is -2.58. The summed E-state index contributed by atoms with van der Waals surface area (Å²) in [4.78, 5) is 14.0. The van der Waals surface area contributed by atoms with Gasteiger partial charge in [0.1, 0.15) is 5.75 Å². The van der Waals surface area contributed by atoms with E-state index in [4.69, 9.17) is 4.74 Å². The third-order valence-electron chi connectivity index (χ3n) is 6.44. The first-order valence-corrected chi connectivity index (χ1v) is 9.56. The molecule has 3 unspecified atom stereocenters. The lowest BCUT2D eigenvalue weighted by Gasteiger charge is -2.56. The summed E-state index contributed by atoms with van der Waals surface area (Å²) in [5.41, 5.74) is 4.44. The third kappa shape index (κ3) is 3.27. The molecule has 1 fully saturated rings. The zero-order valence-electron chi connectivity index (χ0n) is 16.3. The quantitative estimate of drug-likeness (QED) is 0.459. The Morgan fingerprint density at radius 1 is 1.36 bits per heavy atom. The normalized spacial score (nSPS) is 28.2. The van der Waals surface area contributed by atoms with Crippen LogP contribution in [0.2, 0.25) is 0 Å². The number of fused-ring (bicyclic) bond motifs is 4. The summed E-state index contributed by atoms with van der Waals surface area (Å²) in [6.45, 7) is 12.8. The molecular weight excluding hydrogens is 310 g/mol. The average Bonchev–Trinajstić information content (AvgIpc) is 2.55. The van der Waals surface area contributed by atoms with Gasteiger partial charge in [0.05, 0.1) is 0 Å². The third-order valence-corrected chi connectivity index (χ3v) is 6.44. The van der Waals surface area contributed by atoms with Gasteiger partial charge in [-0.2, -0.15) is 0 Å². The molecule has 1 aliphatic carbocycles. The molecule has 2 aliphatic rings. The highest BCUT2D eigenvalue weighted by Crippen LogP contribution is 2.51. The Hall–Kier alpha value is -1.61. The van der Waals surface area contributed by atoms with Gasteiger partial charge in [-0.1, -0.05) is 31.6 Å². The van der Waals surface area contributed by atoms with Gasteiger partial charge in [0.2, 0.25) is 0 Å². The first-order chi connectivity index (χ1) is 11.9. The summed E-state index contributed by atoms with van der Waals surface area (Å²) in [6, 6.07) is 6.87. The fourth-order valence-electron chi connectivity index (χ4n) is 4.97. The molecule has 0 saturated carbocycles. The smallest absolute Gasteiger partial charge is 0.308 e. The fraction of sp³-hybridized carbons (Fsp3) is 0.591. The van der Waals surface area contributed by atoms with E-state index >= 15 is 0 Å². The summed E-state index contributed by atoms with van der Waals surface area (Å²) < 4.78 is 5.37. The molecule has 0 spiro atoms. The topological polar surface area (TPSA) is 29.5 Å². The number of hydrogen-bond acceptors (Lipinski definition) is 3. The molecule has 0 amide bonds. The minimum atomic E-state index is -0.247. The Morgan fingerprint density at radius 3 is 2.76 bits per heavy atom. The number of hydrogen-bond donors (Lipinski definition) is 0. The molecule has 1 aromatic rings. The van der Waals surface area contributed by atoms with Crippen molar-refractivity contribution in [3.63, 3.8) is 0 Å². The van der Waals surface area contributed by atoms with Crippen LogP contribution in [0.4, 0.5) is 0 Å². The summed E-state index contributed by atoms with van der Waals surface area (Å²) in [6.07, 6.45) is 5.76. The van der Waals surface area contributed by atoms with Crippen LogP contribution >= 0.6 is 0 Å². The van der Waals surface area contributed by atoms with Crippen LogP contribution in [0.25, 0.3) is 0 Å². The molecule has 1 aliphatic heterocycles. The van der Waals surface area contributed by atoms with Crippen molar-refractivity contribution in [1.82, 2.24) is 4.90 Å². The van der Waals surface area contributed by atoms with Crippen LogP contribution in [0.3, 0.4) is 0 Å². The van der Waals surface area contributed by atoms with Crippen molar-refractivity contribution in [2.45, 2.75) is 65.3 Å². The van der Waals surface area contributed by atoms with Gasteiger partial charge in [-0.25, -0.2) is 0 Å². The SMILES string of the molecule is CCC12CCN(CC=C(C)C)C(Cc3ccc(OC(C)=O)cc31)C2C. The van der Waals surface area contributed by atoms with Crippen LogP contribution in [0.5, 0.6) is 5.75 Å². The van der Waals surface area contributed by atoms with Crippen LogP contribution in [-0.2, 0) is 16.6 Å². The molecule has 25 heavy (non-hydrogen) atoms. The van der Waals surface area contributed by atoms with E-state index in [2.05, 4.69) is 50.8 Å². The van der Waals surface area contributed by atoms with Crippen LogP contribution in [0.1, 0.15) is 58.6 Å². The average molecular weight is 341 g/mol. The molecule has 0 N–H and O–H groups in total. The maximum Gasteiger partial charge on any atom is 0.308 e. The second-order valence-electron chi connectivity index (χ2n) is 8.01. The van der Waals surface area contributed by atoms with Gasteiger partial charge in [0.15, 0.2) is 0 Å². The number of esters is 1. The second kappa shape index (κ2) is 6.95. The van der Waals surface area contributed by atoms with E-state index in [1.165, 1.54) is 30.0 Å². The molecule has 3 nitrogen and oxygen atoms in total. The van der Waals surface area contributed by atoms with E-state index in [1.54, 1.807) is 0 Å². The van der Waals surface area contributed by atoms with Gasteiger partial charge >= 0.3 is 5.97 Å². The molecule has 1 saturated heterocycles. The number of carbonyl (C=O) groups is 1. The van der Waals surface area contributed by atoms with E-state index < -0.39 is 0 Å². The lowest BCUT2D eigenvalue weighted by molar-refractivity contribution is -0.131. The van der Waals surface area contributed by atoms with Crippen molar-refractivity contribution in [2.24, 2.45) is 5.92 Å². The van der Waals surface area contributed by atoms with Crippen LogP contribution < -0.4 is 4.74 Å². The minimum Gasteiger partial charge on any atom is -0.427 e. The van der Waals surface area contributed by atoms with E-state index in [1.807, 2.05) is 6.07 Å². The van der Waals surface area contributed by atoms with Crippen molar-refractivity contribution < 1.29 is 9.53 Å². The number of likely N-dealkylation sites (tertiary alicyclic amines) is 1. The molecule has 0 radical (unpaired) electrons. The predicted molar refractivity (Wildman–Crippen MR) is 102 cm³/mol. The summed E-state index contributed by atoms with van der Waals surface area (Å²) >= 11 is 0. The molecule has 3 rings (SSSR count). The number of ether oxygens (including phenoxy) is 1. The van der Waals surface area contributed by atoms with Crippen molar-refractivity contribution in [1.29, 1.82) is 0 Å². The van der Waals surface area contributed by atoms with Crippen molar-refractivity contribution in [3.8, 4) is 5.75 Å². The van der Waals surface area contributed by atoms with E-state index in [-0.39, 0.29) is 11.4 Å².